The minimum absolute atomic E-state index is 0.000399. The van der Waals surface area contributed by atoms with Gasteiger partial charge in [-0.2, -0.15) is 0 Å². The number of hydrogen-bond donors (Lipinski definition) is 2. The molecule has 3 aromatic rings. The zero-order chi connectivity index (χ0) is 28.4. The maximum atomic E-state index is 15.2. The van der Waals surface area contributed by atoms with Crippen molar-refractivity contribution in [3.8, 4) is 22.9 Å². The summed E-state index contributed by atoms with van der Waals surface area (Å²) < 4.78 is 28.4. The second kappa shape index (κ2) is 11.2. The highest BCUT2D eigenvalue weighted by atomic mass is 19.1. The Balaban J connectivity index is 1.19. The summed E-state index contributed by atoms with van der Waals surface area (Å²) in [6, 6.07) is 5.04. The first-order valence-corrected chi connectivity index (χ1v) is 13.3. The van der Waals surface area contributed by atoms with E-state index in [1.807, 2.05) is 0 Å². The van der Waals surface area contributed by atoms with E-state index in [4.69, 9.17) is 15.2 Å². The van der Waals surface area contributed by atoms with Gasteiger partial charge in [0, 0.05) is 36.6 Å². The molecule has 12 heteroatoms. The van der Waals surface area contributed by atoms with E-state index < -0.39 is 23.8 Å². The Hall–Kier alpha value is -4.06. The quantitative estimate of drug-likeness (QED) is 0.390. The number of pyridine rings is 2. The van der Waals surface area contributed by atoms with Gasteiger partial charge >= 0.3 is 0 Å². The van der Waals surface area contributed by atoms with Crippen molar-refractivity contribution in [2.45, 2.75) is 70.1 Å². The Morgan fingerprint density at radius 3 is 2.60 bits per heavy atom. The van der Waals surface area contributed by atoms with E-state index >= 15 is 4.39 Å². The van der Waals surface area contributed by atoms with Crippen molar-refractivity contribution in [3.05, 3.63) is 54.4 Å². The molecule has 3 aromatic heterocycles. The van der Waals surface area contributed by atoms with Crippen molar-refractivity contribution < 1.29 is 28.6 Å². The molecule has 1 aliphatic carbocycles. The fraction of sp³-hybridized carbons (Fsp3) is 0.464. The minimum atomic E-state index is -1.49. The third kappa shape index (κ3) is 6.92. The number of primary amides is 1. The van der Waals surface area contributed by atoms with Gasteiger partial charge in [-0.3, -0.25) is 14.6 Å². The molecule has 0 spiro atoms. The van der Waals surface area contributed by atoms with E-state index in [2.05, 4.69) is 15.0 Å². The van der Waals surface area contributed by atoms with Crippen LogP contribution in [0.5, 0.6) is 11.6 Å². The molecule has 0 unspecified atom stereocenters. The Bertz CT molecular complexity index is 1370. The number of nitrogens with zero attached hydrogens (tertiary/aromatic N) is 5. The zero-order valence-electron chi connectivity index (χ0n) is 22.5. The summed E-state index contributed by atoms with van der Waals surface area (Å²) >= 11 is 0. The second-order valence-electron chi connectivity index (χ2n) is 11.0. The van der Waals surface area contributed by atoms with E-state index in [1.165, 1.54) is 17.2 Å². The normalized spacial score (nSPS) is 19.4. The van der Waals surface area contributed by atoms with Crippen molar-refractivity contribution >= 4 is 11.8 Å². The molecule has 0 bridgehead atoms. The topological polar surface area (TPSA) is 146 Å². The lowest BCUT2D eigenvalue weighted by atomic mass is 10.0. The fourth-order valence-electron chi connectivity index (χ4n) is 4.52. The van der Waals surface area contributed by atoms with E-state index in [1.54, 1.807) is 49.3 Å². The number of nitrogens with two attached hydrogens (primary N) is 1. The van der Waals surface area contributed by atoms with Crippen LogP contribution in [-0.4, -0.2) is 78.4 Å². The first kappa shape index (κ1) is 27.5. The summed E-state index contributed by atoms with van der Waals surface area (Å²) in [7, 11) is 0. The van der Waals surface area contributed by atoms with Crippen molar-refractivity contribution in [2.75, 3.05) is 13.1 Å². The molecule has 212 valence electrons. The summed E-state index contributed by atoms with van der Waals surface area (Å²) in [6.45, 7) is 3.84. The van der Waals surface area contributed by atoms with E-state index in [0.29, 0.717) is 29.2 Å². The van der Waals surface area contributed by atoms with Gasteiger partial charge in [0.2, 0.25) is 11.8 Å². The molecule has 1 saturated heterocycles. The molecule has 3 N–H and O–H groups in total. The van der Waals surface area contributed by atoms with Crippen LogP contribution in [0.3, 0.4) is 0 Å². The molecule has 2 amide bonds. The van der Waals surface area contributed by atoms with E-state index in [-0.39, 0.29) is 49.4 Å². The standard InChI is InChI=1S/C28H33FN6O5/c1-28(2,38)15-34-14-23(33-16-34)17-9-21(26(30)37)27(32-11-17)40-24-7-8-35(13-22(24)29)25(36)10-18-3-4-20(12-31-18)39-19-5-6-19/h3-4,9,11-12,14,16,19,22,24,38H,5-8,10,13,15H2,1-2H3,(H2,30,37)/t22-,24+/m0/s1. The number of hydrogen-bond acceptors (Lipinski definition) is 8. The van der Waals surface area contributed by atoms with Crippen LogP contribution in [0.15, 0.2) is 43.1 Å². The highest BCUT2D eigenvalue weighted by molar-refractivity contribution is 5.96. The third-order valence-electron chi connectivity index (χ3n) is 6.67. The number of carbonyl (C=O) groups excluding carboxylic acids is 2. The van der Waals surface area contributed by atoms with Gasteiger partial charge in [0.05, 0.1) is 49.4 Å². The predicted octanol–water partition coefficient (Wildman–Crippen LogP) is 2.31. The number of carbonyl (C=O) groups is 2. The first-order chi connectivity index (χ1) is 19.0. The molecule has 40 heavy (non-hydrogen) atoms. The van der Waals surface area contributed by atoms with Gasteiger partial charge in [0.15, 0.2) is 6.17 Å². The monoisotopic (exact) mass is 552 g/mol. The summed E-state index contributed by atoms with van der Waals surface area (Å²) in [5.41, 5.74) is 6.29. The van der Waals surface area contributed by atoms with Crippen molar-refractivity contribution in [1.82, 2.24) is 24.4 Å². The lowest BCUT2D eigenvalue weighted by molar-refractivity contribution is -0.134. The Kier molecular flexibility index (Phi) is 7.70. The van der Waals surface area contributed by atoms with Crippen LogP contribution in [-0.2, 0) is 17.8 Å². The molecule has 0 aromatic carbocycles. The summed E-state index contributed by atoms with van der Waals surface area (Å²) in [4.78, 5) is 39.3. The molecule has 0 radical (unpaired) electrons. The maximum Gasteiger partial charge on any atom is 0.254 e. The van der Waals surface area contributed by atoms with Crippen LogP contribution < -0.4 is 15.2 Å². The molecular weight excluding hydrogens is 519 g/mol. The highest BCUT2D eigenvalue weighted by Crippen LogP contribution is 2.28. The predicted molar refractivity (Wildman–Crippen MR) is 142 cm³/mol. The van der Waals surface area contributed by atoms with Crippen LogP contribution >= 0.6 is 0 Å². The van der Waals surface area contributed by atoms with Crippen LogP contribution in [0, 0.1) is 0 Å². The maximum absolute atomic E-state index is 15.2. The van der Waals surface area contributed by atoms with Gasteiger partial charge < -0.3 is 29.8 Å². The number of ether oxygens (including phenoxy) is 2. The number of aliphatic hydroxyl groups is 1. The highest BCUT2D eigenvalue weighted by Gasteiger charge is 2.34. The molecule has 1 aliphatic heterocycles. The number of rotatable bonds is 10. The Morgan fingerprint density at radius 1 is 1.15 bits per heavy atom. The molecular formula is C28H33FN6O5. The van der Waals surface area contributed by atoms with E-state index in [9.17, 15) is 14.7 Å². The third-order valence-corrected chi connectivity index (χ3v) is 6.67. The zero-order valence-corrected chi connectivity index (χ0v) is 22.5. The SMILES string of the molecule is CC(C)(O)Cn1cnc(-c2cnc(O[C@@H]3CCN(C(=O)Cc4ccc(OC5CC5)cn4)C[C@@H]3F)c(C(N)=O)c2)c1. The van der Waals surface area contributed by atoms with E-state index in [0.717, 1.165) is 12.8 Å². The van der Waals surface area contributed by atoms with Gasteiger partial charge in [-0.05, 0) is 44.9 Å². The number of amides is 2. The Morgan fingerprint density at radius 2 is 1.95 bits per heavy atom. The smallest absolute Gasteiger partial charge is 0.254 e. The van der Waals surface area contributed by atoms with Gasteiger partial charge in [-0.1, -0.05) is 0 Å². The lowest BCUT2D eigenvalue weighted by Gasteiger charge is -2.34. The first-order valence-electron chi connectivity index (χ1n) is 13.3. The number of aromatic nitrogens is 4. The van der Waals surface area contributed by atoms with Crippen LogP contribution in [0.4, 0.5) is 4.39 Å². The largest absolute Gasteiger partial charge is 0.489 e. The molecule has 2 fully saturated rings. The Labute approximate surface area is 231 Å². The van der Waals surface area contributed by atoms with Crippen LogP contribution in [0.1, 0.15) is 49.2 Å². The number of likely N-dealkylation sites (tertiary alicyclic amines) is 1. The van der Waals surface area contributed by atoms with Gasteiger partial charge in [0.25, 0.3) is 5.91 Å². The molecule has 1 saturated carbocycles. The number of halogens is 1. The lowest BCUT2D eigenvalue weighted by Crippen LogP contribution is -2.49. The van der Waals surface area contributed by atoms with Crippen molar-refractivity contribution in [3.63, 3.8) is 0 Å². The molecule has 2 aliphatic rings. The average molecular weight is 553 g/mol. The number of alkyl halides is 1. The van der Waals surface area contributed by atoms with Crippen LogP contribution in [0.2, 0.25) is 0 Å². The number of imidazole rings is 1. The fourth-order valence-corrected chi connectivity index (χ4v) is 4.52. The van der Waals surface area contributed by atoms with Gasteiger partial charge in [0.1, 0.15) is 17.4 Å². The summed E-state index contributed by atoms with van der Waals surface area (Å²) in [6.07, 6.45) is 6.62. The minimum Gasteiger partial charge on any atom is -0.489 e. The summed E-state index contributed by atoms with van der Waals surface area (Å²) in [5, 5.41) is 10.0. The second-order valence-corrected chi connectivity index (χ2v) is 11.0. The summed E-state index contributed by atoms with van der Waals surface area (Å²) in [5.74, 6) is -0.395. The van der Waals surface area contributed by atoms with Crippen LogP contribution in [0.25, 0.3) is 11.3 Å². The molecule has 11 nitrogen and oxygen atoms in total. The molecule has 2 atom stereocenters. The van der Waals surface area contributed by atoms with Gasteiger partial charge in [-0.15, -0.1) is 0 Å². The average Bonchev–Trinajstić information content (AvgIpc) is 3.60. The van der Waals surface area contributed by atoms with Gasteiger partial charge in [-0.25, -0.2) is 14.4 Å². The van der Waals surface area contributed by atoms with Crippen molar-refractivity contribution in [1.29, 1.82) is 0 Å². The number of piperidine rings is 1. The molecule has 5 rings (SSSR count). The van der Waals surface area contributed by atoms with Crippen molar-refractivity contribution in [2.24, 2.45) is 5.73 Å². The molecule has 4 heterocycles.